The molecule has 1 amide bonds. The van der Waals surface area contributed by atoms with Gasteiger partial charge in [-0.05, 0) is 71.7 Å². The molecular formula is C23H30N6O2. The molecule has 8 heteroatoms. The number of piperidine rings is 1. The number of amides is 1. The fourth-order valence-electron chi connectivity index (χ4n) is 3.52. The van der Waals surface area contributed by atoms with E-state index in [2.05, 4.69) is 37.4 Å². The summed E-state index contributed by atoms with van der Waals surface area (Å²) in [5.41, 5.74) is 7.98. The zero-order valence-electron chi connectivity index (χ0n) is 18.5. The minimum absolute atomic E-state index is 0.210. The highest BCUT2D eigenvalue weighted by Gasteiger charge is 2.31. The topological polar surface area (TPSA) is 115 Å². The number of aryl methyl sites for hydroxylation is 1. The van der Waals surface area contributed by atoms with Crippen LogP contribution in [0.1, 0.15) is 62.2 Å². The van der Waals surface area contributed by atoms with Crippen molar-refractivity contribution in [1.82, 2.24) is 25.6 Å². The standard InChI is InChI=1S/C23H30N6O2/c1-15-18(7-5-16-6-8-19(24)26-13-16)21(28-14-27-15)20(17-9-11-25-12-10-17)29-22(30)31-23(2,3)4/h6,8,13-14,17,20,25H,9-12H2,1-4H3,(H2,24,26)(H,29,30). The van der Waals surface area contributed by atoms with E-state index >= 15 is 0 Å². The molecule has 0 bridgehead atoms. The lowest BCUT2D eigenvalue weighted by Crippen LogP contribution is -2.41. The van der Waals surface area contributed by atoms with Crippen molar-refractivity contribution >= 4 is 11.9 Å². The van der Waals surface area contributed by atoms with Crippen LogP contribution in [-0.4, -0.2) is 39.7 Å². The van der Waals surface area contributed by atoms with Crippen LogP contribution >= 0.6 is 0 Å². The Morgan fingerprint density at radius 2 is 1.97 bits per heavy atom. The number of aromatic nitrogens is 3. The molecule has 0 saturated carbocycles. The summed E-state index contributed by atoms with van der Waals surface area (Å²) in [5, 5.41) is 6.42. The van der Waals surface area contributed by atoms with Crippen LogP contribution in [0.2, 0.25) is 0 Å². The summed E-state index contributed by atoms with van der Waals surface area (Å²) >= 11 is 0. The van der Waals surface area contributed by atoms with E-state index in [0.717, 1.165) is 37.2 Å². The molecule has 31 heavy (non-hydrogen) atoms. The monoisotopic (exact) mass is 422 g/mol. The van der Waals surface area contributed by atoms with Crippen LogP contribution in [0.4, 0.5) is 10.6 Å². The van der Waals surface area contributed by atoms with Gasteiger partial charge < -0.3 is 21.1 Å². The first-order valence-corrected chi connectivity index (χ1v) is 10.5. The van der Waals surface area contributed by atoms with Crippen molar-refractivity contribution in [3.63, 3.8) is 0 Å². The van der Waals surface area contributed by atoms with Gasteiger partial charge >= 0.3 is 6.09 Å². The first-order valence-electron chi connectivity index (χ1n) is 10.5. The van der Waals surface area contributed by atoms with Crippen molar-refractivity contribution in [3.05, 3.63) is 47.2 Å². The smallest absolute Gasteiger partial charge is 0.408 e. The normalized spacial score (nSPS) is 15.5. The summed E-state index contributed by atoms with van der Waals surface area (Å²) < 4.78 is 5.53. The van der Waals surface area contributed by atoms with Crippen molar-refractivity contribution < 1.29 is 9.53 Å². The number of carbonyl (C=O) groups is 1. The number of nitrogens with one attached hydrogen (secondary N) is 2. The zero-order valence-corrected chi connectivity index (χ0v) is 18.5. The minimum Gasteiger partial charge on any atom is -0.444 e. The number of hydrogen-bond acceptors (Lipinski definition) is 7. The molecular weight excluding hydrogens is 392 g/mol. The molecule has 164 valence electrons. The van der Waals surface area contributed by atoms with Crippen LogP contribution < -0.4 is 16.4 Å². The molecule has 3 rings (SSSR count). The summed E-state index contributed by atoms with van der Waals surface area (Å²) in [6.45, 7) is 9.21. The molecule has 8 nitrogen and oxygen atoms in total. The lowest BCUT2D eigenvalue weighted by atomic mass is 9.86. The maximum Gasteiger partial charge on any atom is 0.408 e. The Hall–Kier alpha value is -3.18. The van der Waals surface area contributed by atoms with Crippen molar-refractivity contribution in [2.45, 2.75) is 52.2 Å². The van der Waals surface area contributed by atoms with Gasteiger partial charge in [0, 0.05) is 11.8 Å². The van der Waals surface area contributed by atoms with Gasteiger partial charge in [-0.25, -0.2) is 19.7 Å². The third-order valence-corrected chi connectivity index (χ3v) is 5.01. The molecule has 0 radical (unpaired) electrons. The van der Waals surface area contributed by atoms with E-state index in [-0.39, 0.29) is 12.0 Å². The number of anilines is 1. The van der Waals surface area contributed by atoms with E-state index in [1.165, 1.54) is 6.33 Å². The van der Waals surface area contributed by atoms with E-state index in [4.69, 9.17) is 10.5 Å². The van der Waals surface area contributed by atoms with Crippen LogP contribution in [0.5, 0.6) is 0 Å². The number of nitrogen functional groups attached to an aromatic ring is 1. The van der Waals surface area contributed by atoms with Crippen LogP contribution in [0.25, 0.3) is 0 Å². The third-order valence-electron chi connectivity index (χ3n) is 5.01. The molecule has 3 heterocycles. The van der Waals surface area contributed by atoms with Gasteiger partial charge in [0.15, 0.2) is 0 Å². The number of ether oxygens (including phenoxy) is 1. The second-order valence-corrected chi connectivity index (χ2v) is 8.65. The number of hydrogen-bond donors (Lipinski definition) is 3. The van der Waals surface area contributed by atoms with Gasteiger partial charge in [-0.2, -0.15) is 0 Å². The highest BCUT2D eigenvalue weighted by atomic mass is 16.6. The fourth-order valence-corrected chi connectivity index (χ4v) is 3.52. The Labute approximate surface area is 183 Å². The molecule has 1 unspecified atom stereocenters. The molecule has 0 aliphatic carbocycles. The van der Waals surface area contributed by atoms with Gasteiger partial charge in [0.05, 0.1) is 23.0 Å². The van der Waals surface area contributed by atoms with Crippen LogP contribution in [0.3, 0.4) is 0 Å². The van der Waals surface area contributed by atoms with E-state index < -0.39 is 11.7 Å². The number of nitrogens with two attached hydrogens (primary N) is 1. The molecule has 1 atom stereocenters. The third kappa shape index (κ3) is 6.40. The molecule has 0 spiro atoms. The summed E-state index contributed by atoms with van der Waals surface area (Å²) in [6.07, 6.45) is 4.51. The van der Waals surface area contributed by atoms with Crippen molar-refractivity contribution in [2.75, 3.05) is 18.8 Å². The maximum atomic E-state index is 12.6. The van der Waals surface area contributed by atoms with E-state index in [9.17, 15) is 4.79 Å². The van der Waals surface area contributed by atoms with Crippen molar-refractivity contribution in [1.29, 1.82) is 0 Å². The first-order chi connectivity index (χ1) is 14.7. The molecule has 1 saturated heterocycles. The molecule has 0 aromatic carbocycles. The summed E-state index contributed by atoms with van der Waals surface area (Å²) in [6, 6.07) is 3.20. The van der Waals surface area contributed by atoms with Gasteiger partial charge in [0.1, 0.15) is 17.7 Å². The Kier molecular flexibility index (Phi) is 7.08. The number of alkyl carbamates (subject to hydrolysis) is 1. The molecule has 1 fully saturated rings. The lowest BCUT2D eigenvalue weighted by molar-refractivity contribution is 0.0475. The Morgan fingerprint density at radius 1 is 1.23 bits per heavy atom. The molecule has 2 aromatic heterocycles. The lowest BCUT2D eigenvalue weighted by Gasteiger charge is -2.32. The van der Waals surface area contributed by atoms with Gasteiger partial charge in [0.25, 0.3) is 0 Å². The predicted molar refractivity (Wildman–Crippen MR) is 119 cm³/mol. The summed E-state index contributed by atoms with van der Waals surface area (Å²) in [5.74, 6) is 6.96. The van der Waals surface area contributed by atoms with Crippen molar-refractivity contribution in [3.8, 4) is 11.8 Å². The second kappa shape index (κ2) is 9.75. The summed E-state index contributed by atoms with van der Waals surface area (Å²) in [7, 11) is 0. The second-order valence-electron chi connectivity index (χ2n) is 8.65. The number of rotatable bonds is 3. The average molecular weight is 423 g/mol. The van der Waals surface area contributed by atoms with Crippen LogP contribution in [0, 0.1) is 24.7 Å². The molecule has 2 aromatic rings. The van der Waals surface area contributed by atoms with Crippen molar-refractivity contribution in [2.24, 2.45) is 5.92 Å². The first kappa shape index (κ1) is 22.5. The zero-order chi connectivity index (χ0) is 22.4. The Morgan fingerprint density at radius 3 is 2.61 bits per heavy atom. The molecule has 1 aliphatic rings. The highest BCUT2D eigenvalue weighted by molar-refractivity contribution is 5.68. The van der Waals surface area contributed by atoms with Crippen LogP contribution in [-0.2, 0) is 4.74 Å². The maximum absolute atomic E-state index is 12.6. The van der Waals surface area contributed by atoms with Gasteiger partial charge in [-0.1, -0.05) is 11.8 Å². The van der Waals surface area contributed by atoms with Gasteiger partial charge in [-0.15, -0.1) is 0 Å². The fraction of sp³-hybridized carbons (Fsp3) is 0.478. The van der Waals surface area contributed by atoms with E-state index in [1.807, 2.05) is 33.8 Å². The predicted octanol–water partition coefficient (Wildman–Crippen LogP) is 2.73. The summed E-state index contributed by atoms with van der Waals surface area (Å²) in [4.78, 5) is 25.6. The van der Waals surface area contributed by atoms with Gasteiger partial charge in [0.2, 0.25) is 0 Å². The molecule has 4 N–H and O–H groups in total. The molecule has 1 aliphatic heterocycles. The largest absolute Gasteiger partial charge is 0.444 e. The van der Waals surface area contributed by atoms with Crippen LogP contribution in [0.15, 0.2) is 24.7 Å². The highest BCUT2D eigenvalue weighted by Crippen LogP contribution is 2.30. The Bertz CT molecular complexity index is 966. The van der Waals surface area contributed by atoms with E-state index in [0.29, 0.717) is 17.1 Å². The SMILES string of the molecule is Cc1ncnc(C(NC(=O)OC(C)(C)C)C2CCNCC2)c1C#Cc1ccc(N)nc1. The van der Waals surface area contributed by atoms with Gasteiger partial charge in [-0.3, -0.25) is 0 Å². The minimum atomic E-state index is -0.588. The quantitative estimate of drug-likeness (QED) is 0.652. The average Bonchev–Trinajstić information content (AvgIpc) is 2.72. The Balaban J connectivity index is 1.97. The number of nitrogens with zero attached hydrogens (tertiary/aromatic N) is 3. The van der Waals surface area contributed by atoms with E-state index in [1.54, 1.807) is 12.3 Å². The number of carbonyl (C=O) groups excluding carboxylic acids is 1. The number of pyridine rings is 1.